The molecule has 0 aromatic heterocycles. The molecule has 0 aliphatic rings. The summed E-state index contributed by atoms with van der Waals surface area (Å²) in [6.45, 7) is 6.51. The van der Waals surface area contributed by atoms with Gasteiger partial charge >= 0.3 is 17.9 Å². The molecular formula is C51H92O6. The molecule has 0 rings (SSSR count). The average molecular weight is 801 g/mol. The van der Waals surface area contributed by atoms with E-state index in [0.29, 0.717) is 19.3 Å². The number of rotatable bonds is 44. The number of hydrogen-bond acceptors (Lipinski definition) is 6. The van der Waals surface area contributed by atoms with Crippen molar-refractivity contribution in [1.82, 2.24) is 0 Å². The maximum absolute atomic E-state index is 12.7. The summed E-state index contributed by atoms with van der Waals surface area (Å²) in [4.78, 5) is 37.8. The van der Waals surface area contributed by atoms with Gasteiger partial charge in [0.05, 0.1) is 0 Å². The smallest absolute Gasteiger partial charge is 0.306 e. The second-order valence-electron chi connectivity index (χ2n) is 16.3. The van der Waals surface area contributed by atoms with Crippen molar-refractivity contribution in [2.45, 2.75) is 258 Å². The van der Waals surface area contributed by atoms with Gasteiger partial charge in [0.2, 0.25) is 0 Å². The highest BCUT2D eigenvalue weighted by Gasteiger charge is 2.19. The first kappa shape index (κ1) is 54.6. The Labute approximate surface area is 353 Å². The normalized spacial score (nSPS) is 12.3. The van der Waals surface area contributed by atoms with Gasteiger partial charge in [0, 0.05) is 19.3 Å². The molecule has 0 aliphatic heterocycles. The number of carbonyl (C=O) groups excluding carboxylic acids is 3. The molecule has 1 atom stereocenters. The fourth-order valence-corrected chi connectivity index (χ4v) is 6.94. The van der Waals surface area contributed by atoms with Gasteiger partial charge in [0.1, 0.15) is 13.2 Å². The Hall–Kier alpha value is -2.37. The lowest BCUT2D eigenvalue weighted by molar-refractivity contribution is -0.167. The Morgan fingerprint density at radius 1 is 0.368 bits per heavy atom. The van der Waals surface area contributed by atoms with E-state index in [1.165, 1.54) is 122 Å². The van der Waals surface area contributed by atoms with E-state index in [1.54, 1.807) is 0 Å². The predicted octanol–water partition coefficient (Wildman–Crippen LogP) is 15.8. The minimum Gasteiger partial charge on any atom is -0.462 e. The van der Waals surface area contributed by atoms with Crippen molar-refractivity contribution in [3.63, 3.8) is 0 Å². The highest BCUT2D eigenvalue weighted by atomic mass is 16.6. The number of hydrogen-bond donors (Lipinski definition) is 0. The Morgan fingerprint density at radius 2 is 0.684 bits per heavy atom. The second kappa shape index (κ2) is 46.3. The van der Waals surface area contributed by atoms with E-state index < -0.39 is 6.10 Å². The molecule has 0 aromatic rings. The lowest BCUT2D eigenvalue weighted by Gasteiger charge is -2.18. The van der Waals surface area contributed by atoms with Crippen molar-refractivity contribution in [3.05, 3.63) is 36.5 Å². The molecule has 0 spiro atoms. The van der Waals surface area contributed by atoms with Crippen molar-refractivity contribution in [3.8, 4) is 0 Å². The van der Waals surface area contributed by atoms with Crippen LogP contribution in [-0.2, 0) is 28.6 Å². The maximum Gasteiger partial charge on any atom is 0.306 e. The lowest BCUT2D eigenvalue weighted by Crippen LogP contribution is -2.30. The van der Waals surface area contributed by atoms with Crippen LogP contribution < -0.4 is 0 Å². The average Bonchev–Trinajstić information content (AvgIpc) is 3.21. The van der Waals surface area contributed by atoms with E-state index in [9.17, 15) is 14.4 Å². The number of unbranched alkanes of at least 4 members (excludes halogenated alkanes) is 27. The van der Waals surface area contributed by atoms with E-state index in [1.807, 2.05) is 0 Å². The first-order valence-corrected chi connectivity index (χ1v) is 24.5. The van der Waals surface area contributed by atoms with Gasteiger partial charge in [-0.2, -0.15) is 0 Å². The monoisotopic (exact) mass is 801 g/mol. The molecule has 0 bridgehead atoms. The molecule has 0 radical (unpaired) electrons. The summed E-state index contributed by atoms with van der Waals surface area (Å²) < 4.78 is 16.7. The molecule has 332 valence electrons. The summed E-state index contributed by atoms with van der Waals surface area (Å²) >= 11 is 0. The highest BCUT2D eigenvalue weighted by molar-refractivity contribution is 5.71. The third-order valence-corrected chi connectivity index (χ3v) is 10.6. The van der Waals surface area contributed by atoms with Crippen LogP contribution in [0.5, 0.6) is 0 Å². The molecule has 0 saturated carbocycles. The van der Waals surface area contributed by atoms with Gasteiger partial charge in [-0.1, -0.05) is 198 Å². The molecule has 6 nitrogen and oxygen atoms in total. The molecule has 0 amide bonds. The largest absolute Gasteiger partial charge is 0.462 e. The van der Waals surface area contributed by atoms with Gasteiger partial charge in [-0.3, -0.25) is 14.4 Å². The van der Waals surface area contributed by atoms with Crippen LogP contribution in [0.2, 0.25) is 0 Å². The number of allylic oxidation sites excluding steroid dienone is 6. The molecule has 0 N–H and O–H groups in total. The maximum atomic E-state index is 12.7. The van der Waals surface area contributed by atoms with E-state index in [-0.39, 0.29) is 31.1 Å². The topological polar surface area (TPSA) is 78.9 Å². The number of carbonyl (C=O) groups is 3. The quantitative estimate of drug-likeness (QED) is 0.0264. The molecular weight excluding hydrogens is 709 g/mol. The van der Waals surface area contributed by atoms with Crippen LogP contribution in [0.25, 0.3) is 0 Å². The molecule has 0 aromatic carbocycles. The Morgan fingerprint density at radius 3 is 1.09 bits per heavy atom. The standard InChI is InChI=1S/C51H92O6/c1-4-7-10-13-16-19-22-25-26-27-30-32-35-38-41-44-50(53)56-47-48(57-51(54)45-42-39-36-33-29-24-21-18-15-12-9-6-3)46-55-49(52)43-40-37-34-31-28-23-20-17-14-11-8-5-2/h9,12,18-19,21-22,48H,4-8,10-11,13-17,20,23-47H2,1-3H3/b12-9-,21-18-,22-19-. The van der Waals surface area contributed by atoms with Gasteiger partial charge in [-0.25, -0.2) is 0 Å². The van der Waals surface area contributed by atoms with Crippen molar-refractivity contribution in [1.29, 1.82) is 0 Å². The third kappa shape index (κ3) is 44.6. The predicted molar refractivity (Wildman–Crippen MR) is 242 cm³/mol. The lowest BCUT2D eigenvalue weighted by atomic mass is 10.0. The number of esters is 3. The van der Waals surface area contributed by atoms with E-state index >= 15 is 0 Å². The van der Waals surface area contributed by atoms with Gasteiger partial charge in [0.15, 0.2) is 6.10 Å². The minimum absolute atomic E-state index is 0.0768. The van der Waals surface area contributed by atoms with Crippen LogP contribution in [0.4, 0.5) is 0 Å². The van der Waals surface area contributed by atoms with E-state index in [0.717, 1.165) is 89.9 Å². The summed E-state index contributed by atoms with van der Waals surface area (Å²) in [5.41, 5.74) is 0. The first-order chi connectivity index (χ1) is 28.0. The van der Waals surface area contributed by atoms with E-state index in [2.05, 4.69) is 57.2 Å². The van der Waals surface area contributed by atoms with Crippen LogP contribution in [-0.4, -0.2) is 37.2 Å². The van der Waals surface area contributed by atoms with Crippen LogP contribution in [0.1, 0.15) is 252 Å². The van der Waals surface area contributed by atoms with E-state index in [4.69, 9.17) is 14.2 Å². The Kier molecular flexibility index (Phi) is 44.4. The van der Waals surface area contributed by atoms with Crippen LogP contribution in [0.3, 0.4) is 0 Å². The molecule has 0 saturated heterocycles. The van der Waals surface area contributed by atoms with Gasteiger partial charge in [-0.05, 0) is 70.6 Å². The first-order valence-electron chi connectivity index (χ1n) is 24.5. The summed E-state index contributed by atoms with van der Waals surface area (Å²) in [5.74, 6) is -0.891. The summed E-state index contributed by atoms with van der Waals surface area (Å²) in [5, 5.41) is 0. The van der Waals surface area contributed by atoms with Gasteiger partial charge in [-0.15, -0.1) is 0 Å². The fourth-order valence-electron chi connectivity index (χ4n) is 6.94. The zero-order valence-electron chi connectivity index (χ0n) is 37.9. The Balaban J connectivity index is 4.36. The van der Waals surface area contributed by atoms with Gasteiger partial charge < -0.3 is 14.2 Å². The summed E-state index contributed by atoms with van der Waals surface area (Å²) in [7, 11) is 0. The Bertz CT molecular complexity index is 969. The van der Waals surface area contributed by atoms with Crippen molar-refractivity contribution < 1.29 is 28.6 Å². The van der Waals surface area contributed by atoms with Crippen molar-refractivity contribution in [2.75, 3.05) is 13.2 Å². The molecule has 0 fully saturated rings. The molecule has 6 heteroatoms. The minimum atomic E-state index is -0.776. The third-order valence-electron chi connectivity index (χ3n) is 10.6. The fraction of sp³-hybridized carbons (Fsp3) is 0.824. The zero-order chi connectivity index (χ0) is 41.5. The SMILES string of the molecule is CC/C=C\C/C=C\CCCCCCCC(=O)OC(COC(=O)CCCCCCCCC/C=C\CCCCCC)COC(=O)CCCCCCCCCCCCCC. The van der Waals surface area contributed by atoms with Crippen LogP contribution >= 0.6 is 0 Å². The van der Waals surface area contributed by atoms with Gasteiger partial charge in [0.25, 0.3) is 0 Å². The molecule has 0 heterocycles. The molecule has 0 aliphatic carbocycles. The molecule has 57 heavy (non-hydrogen) atoms. The van der Waals surface area contributed by atoms with Crippen molar-refractivity contribution in [2.24, 2.45) is 0 Å². The van der Waals surface area contributed by atoms with Crippen LogP contribution in [0.15, 0.2) is 36.5 Å². The summed E-state index contributed by atoms with van der Waals surface area (Å²) in [6.07, 6.45) is 52.7. The number of ether oxygens (including phenoxy) is 3. The second-order valence-corrected chi connectivity index (χ2v) is 16.3. The van der Waals surface area contributed by atoms with Crippen LogP contribution in [0, 0.1) is 0 Å². The summed E-state index contributed by atoms with van der Waals surface area (Å²) in [6, 6.07) is 0. The van der Waals surface area contributed by atoms with Crippen molar-refractivity contribution >= 4 is 17.9 Å². The highest BCUT2D eigenvalue weighted by Crippen LogP contribution is 2.15. The zero-order valence-corrected chi connectivity index (χ0v) is 37.9. The molecule has 1 unspecified atom stereocenters.